The lowest BCUT2D eigenvalue weighted by molar-refractivity contribution is 0.100. The summed E-state index contributed by atoms with van der Waals surface area (Å²) in [6.45, 7) is 0. The van der Waals surface area contributed by atoms with Crippen LogP contribution in [0.1, 0.15) is 10.4 Å². The first-order chi connectivity index (χ1) is 12.8. The third kappa shape index (κ3) is 3.68. The van der Waals surface area contributed by atoms with Crippen LogP contribution in [-0.2, 0) is 9.84 Å². The van der Waals surface area contributed by atoms with E-state index in [9.17, 15) is 17.6 Å². The van der Waals surface area contributed by atoms with E-state index in [4.69, 9.17) is 0 Å². The van der Waals surface area contributed by atoms with Gasteiger partial charge >= 0.3 is 0 Å². The highest BCUT2D eigenvalue weighted by atomic mass is 79.9. The molecule has 1 amide bonds. The van der Waals surface area contributed by atoms with Gasteiger partial charge in [-0.15, -0.1) is 0 Å². The van der Waals surface area contributed by atoms with Crippen molar-refractivity contribution in [2.45, 2.75) is 11.3 Å². The molecule has 2 saturated heterocycles. The minimum absolute atomic E-state index is 0.00444. The number of halogens is 2. The summed E-state index contributed by atoms with van der Waals surface area (Å²) in [6.07, 6.45) is 0. The molecule has 2 atom stereocenters. The molecule has 140 valence electrons. The number of sulfone groups is 1. The van der Waals surface area contributed by atoms with Gasteiger partial charge in [-0.05, 0) is 30.3 Å². The van der Waals surface area contributed by atoms with Crippen LogP contribution in [0.2, 0.25) is 0 Å². The average molecular weight is 469 g/mol. The summed E-state index contributed by atoms with van der Waals surface area (Å²) in [5.41, 5.74) is 0.640. The van der Waals surface area contributed by atoms with E-state index in [0.29, 0.717) is 15.2 Å². The van der Waals surface area contributed by atoms with E-state index < -0.39 is 27.6 Å². The summed E-state index contributed by atoms with van der Waals surface area (Å²) >= 11 is 4.44. The zero-order valence-electron chi connectivity index (χ0n) is 13.9. The Hall–Kier alpha value is -1.71. The van der Waals surface area contributed by atoms with Gasteiger partial charge < -0.3 is 4.90 Å². The van der Waals surface area contributed by atoms with Crippen LogP contribution in [0, 0.1) is 5.82 Å². The molecule has 0 N–H and O–H groups in total. The minimum Gasteiger partial charge on any atom is -0.313 e. The summed E-state index contributed by atoms with van der Waals surface area (Å²) in [5, 5.41) is 0.0512. The molecule has 0 aromatic heterocycles. The van der Waals surface area contributed by atoms with Gasteiger partial charge in [0.15, 0.2) is 15.0 Å². The minimum atomic E-state index is -3.21. The molecule has 2 aliphatic rings. The van der Waals surface area contributed by atoms with Gasteiger partial charge in [-0.2, -0.15) is 4.99 Å². The molecule has 0 radical (unpaired) electrons. The molecule has 9 heteroatoms. The number of thioether (sulfide) groups is 1. The van der Waals surface area contributed by atoms with Crippen molar-refractivity contribution in [3.8, 4) is 0 Å². The van der Waals surface area contributed by atoms with Crippen molar-refractivity contribution >= 4 is 54.3 Å². The highest BCUT2D eigenvalue weighted by molar-refractivity contribution is 9.10. The second-order valence-corrected chi connectivity index (χ2v) is 10.6. The van der Waals surface area contributed by atoms with Gasteiger partial charge in [-0.1, -0.05) is 45.9 Å². The number of rotatable bonds is 2. The number of aliphatic imine (C=N–C) groups is 1. The molecule has 0 saturated carbocycles. The van der Waals surface area contributed by atoms with Gasteiger partial charge in [-0.25, -0.2) is 12.8 Å². The Kier molecular flexibility index (Phi) is 4.85. The zero-order chi connectivity index (χ0) is 19.2. The van der Waals surface area contributed by atoms with Gasteiger partial charge in [0, 0.05) is 15.3 Å². The fraction of sp³-hybridized carbons (Fsp3) is 0.222. The van der Waals surface area contributed by atoms with E-state index in [0.717, 1.165) is 0 Å². The first-order valence-electron chi connectivity index (χ1n) is 8.13. The average Bonchev–Trinajstić information content (AvgIpc) is 3.07. The molecule has 0 spiro atoms. The number of amidine groups is 1. The van der Waals surface area contributed by atoms with Gasteiger partial charge in [0.2, 0.25) is 0 Å². The van der Waals surface area contributed by atoms with Crippen LogP contribution >= 0.6 is 27.7 Å². The molecule has 4 rings (SSSR count). The van der Waals surface area contributed by atoms with Crippen LogP contribution in [0.25, 0.3) is 0 Å². The smallest absolute Gasteiger partial charge is 0.279 e. The summed E-state index contributed by atoms with van der Waals surface area (Å²) < 4.78 is 39.3. The molecular weight excluding hydrogens is 455 g/mol. The van der Waals surface area contributed by atoms with Crippen molar-refractivity contribution in [1.29, 1.82) is 0 Å². The largest absolute Gasteiger partial charge is 0.313 e. The highest BCUT2D eigenvalue weighted by Crippen LogP contribution is 2.42. The Labute approximate surface area is 168 Å². The summed E-state index contributed by atoms with van der Waals surface area (Å²) in [4.78, 5) is 18.3. The fourth-order valence-electron chi connectivity index (χ4n) is 3.25. The predicted octanol–water partition coefficient (Wildman–Crippen LogP) is 3.50. The van der Waals surface area contributed by atoms with Crippen LogP contribution in [-0.4, -0.2) is 42.3 Å². The SMILES string of the molecule is O=C(N=C1S[C@H]2CS(=O)(=O)C[C@@H]2N1c1ccc(Br)cc1F)c1ccccc1. The Morgan fingerprint density at radius 1 is 1.19 bits per heavy atom. The summed E-state index contributed by atoms with van der Waals surface area (Å²) in [6, 6.07) is 12.7. The van der Waals surface area contributed by atoms with E-state index in [2.05, 4.69) is 20.9 Å². The van der Waals surface area contributed by atoms with Crippen LogP contribution < -0.4 is 4.90 Å². The quantitative estimate of drug-likeness (QED) is 0.674. The summed E-state index contributed by atoms with van der Waals surface area (Å²) in [5.74, 6) is -1.04. The number of nitrogens with zero attached hydrogens (tertiary/aromatic N) is 2. The molecule has 0 unspecified atom stereocenters. The van der Waals surface area contributed by atoms with E-state index in [1.54, 1.807) is 47.4 Å². The number of hydrogen-bond donors (Lipinski definition) is 0. The van der Waals surface area contributed by atoms with Gasteiger partial charge in [-0.3, -0.25) is 4.79 Å². The number of hydrogen-bond acceptors (Lipinski definition) is 4. The lowest BCUT2D eigenvalue weighted by Crippen LogP contribution is -2.38. The standard InChI is InChI=1S/C18H14BrFN2O3S2/c19-12-6-7-14(13(20)8-12)22-15-9-27(24,25)10-16(15)26-18(22)21-17(23)11-4-2-1-3-5-11/h1-8,15-16H,9-10H2/t15-,16-/m0/s1. The lowest BCUT2D eigenvalue weighted by Gasteiger charge is -2.25. The number of carbonyl (C=O) groups is 1. The molecular formula is C18H14BrFN2O3S2. The second kappa shape index (κ2) is 7.03. The monoisotopic (exact) mass is 468 g/mol. The molecule has 27 heavy (non-hydrogen) atoms. The van der Waals surface area contributed by atoms with Gasteiger partial charge in [0.1, 0.15) is 5.82 Å². The maximum absolute atomic E-state index is 14.6. The number of anilines is 1. The Morgan fingerprint density at radius 3 is 2.63 bits per heavy atom. The Balaban J connectivity index is 1.76. The number of fused-ring (bicyclic) bond motifs is 1. The maximum atomic E-state index is 14.6. The van der Waals surface area contributed by atoms with Crippen LogP contribution in [0.4, 0.5) is 10.1 Å². The molecule has 2 fully saturated rings. The third-order valence-electron chi connectivity index (χ3n) is 4.45. The maximum Gasteiger partial charge on any atom is 0.279 e. The number of amides is 1. The molecule has 2 aliphatic heterocycles. The van der Waals surface area contributed by atoms with Crippen molar-refractivity contribution in [3.63, 3.8) is 0 Å². The predicted molar refractivity (Wildman–Crippen MR) is 109 cm³/mol. The van der Waals surface area contributed by atoms with Crippen LogP contribution in [0.15, 0.2) is 58.0 Å². The van der Waals surface area contributed by atoms with E-state index in [1.807, 2.05) is 0 Å². The van der Waals surface area contributed by atoms with Gasteiger partial charge in [0.05, 0.1) is 23.2 Å². The molecule has 2 aromatic rings. The molecule has 0 bridgehead atoms. The van der Waals surface area contributed by atoms with Crippen molar-refractivity contribution in [1.82, 2.24) is 0 Å². The lowest BCUT2D eigenvalue weighted by atomic mass is 10.2. The van der Waals surface area contributed by atoms with Gasteiger partial charge in [0.25, 0.3) is 5.91 Å². The van der Waals surface area contributed by atoms with Crippen LogP contribution in [0.3, 0.4) is 0 Å². The van der Waals surface area contributed by atoms with Crippen LogP contribution in [0.5, 0.6) is 0 Å². The first kappa shape index (κ1) is 18.6. The van der Waals surface area contributed by atoms with Crippen molar-refractivity contribution in [3.05, 3.63) is 64.4 Å². The number of benzene rings is 2. The molecule has 5 nitrogen and oxygen atoms in total. The Morgan fingerprint density at radius 2 is 1.93 bits per heavy atom. The normalized spacial score (nSPS) is 25.0. The fourth-order valence-corrected chi connectivity index (χ4v) is 7.49. The second-order valence-electron chi connectivity index (χ2n) is 6.33. The van der Waals surface area contributed by atoms with Crippen molar-refractivity contribution in [2.75, 3.05) is 16.4 Å². The van der Waals surface area contributed by atoms with E-state index in [-0.39, 0.29) is 22.4 Å². The summed E-state index contributed by atoms with van der Waals surface area (Å²) in [7, 11) is -3.21. The number of carbonyl (C=O) groups excluding carboxylic acids is 1. The zero-order valence-corrected chi connectivity index (χ0v) is 17.1. The van der Waals surface area contributed by atoms with Crippen molar-refractivity contribution < 1.29 is 17.6 Å². The first-order valence-corrected chi connectivity index (χ1v) is 11.6. The molecule has 2 aromatic carbocycles. The highest BCUT2D eigenvalue weighted by Gasteiger charge is 2.50. The molecule has 0 aliphatic carbocycles. The molecule has 2 heterocycles. The van der Waals surface area contributed by atoms with E-state index >= 15 is 0 Å². The van der Waals surface area contributed by atoms with Crippen molar-refractivity contribution in [2.24, 2.45) is 4.99 Å². The topological polar surface area (TPSA) is 66.8 Å². The Bertz CT molecular complexity index is 1040. The van der Waals surface area contributed by atoms with E-state index in [1.165, 1.54) is 17.8 Å². The third-order valence-corrected chi connectivity index (χ3v) is 8.16.